The van der Waals surface area contributed by atoms with Crippen molar-refractivity contribution in [3.05, 3.63) is 156 Å². The second kappa shape index (κ2) is 11.8. The summed E-state index contributed by atoms with van der Waals surface area (Å²) in [5, 5.41) is 3.00. The minimum atomic E-state index is -0.180. The van der Waals surface area contributed by atoms with Gasteiger partial charge in [-0.05, 0) is 52.6 Å². The molecular weight excluding hydrogens is 470 g/mol. The van der Waals surface area contributed by atoms with Crippen molar-refractivity contribution in [1.82, 2.24) is 5.32 Å². The van der Waals surface area contributed by atoms with Crippen LogP contribution in [0.1, 0.15) is 31.8 Å². The summed E-state index contributed by atoms with van der Waals surface area (Å²) in [5.41, 5.74) is 4.50. The molecule has 38 heavy (non-hydrogen) atoms. The first kappa shape index (κ1) is 24.7. The van der Waals surface area contributed by atoms with Crippen LogP contribution in [0.4, 0.5) is 0 Å². The number of carbonyl (C=O) groups is 2. The predicted molar refractivity (Wildman–Crippen MR) is 150 cm³/mol. The number of ether oxygens (including phenoxy) is 1. The Hall–Kier alpha value is -4.96. The summed E-state index contributed by atoms with van der Waals surface area (Å²) in [7, 11) is 0. The normalized spacial score (nSPS) is 10.5. The van der Waals surface area contributed by atoms with Gasteiger partial charge in [-0.25, -0.2) is 0 Å². The van der Waals surface area contributed by atoms with Crippen LogP contribution in [0, 0.1) is 0 Å². The number of nitrogens with one attached hydrogen (secondary N) is 1. The Morgan fingerprint density at radius 1 is 0.526 bits per heavy atom. The van der Waals surface area contributed by atoms with E-state index in [2.05, 4.69) is 5.32 Å². The third-order valence-electron chi connectivity index (χ3n) is 6.25. The Labute approximate surface area is 222 Å². The van der Waals surface area contributed by atoms with Crippen molar-refractivity contribution < 1.29 is 14.3 Å². The summed E-state index contributed by atoms with van der Waals surface area (Å²) in [4.78, 5) is 26.6. The molecule has 5 aromatic carbocycles. The third kappa shape index (κ3) is 6.05. The zero-order valence-electron chi connectivity index (χ0n) is 20.8. The standard InChI is InChI=1S/C34H27NO3/c36-33(23-25-19-21-28(22-20-25)38-27-13-5-2-6-14-27)31-17-9-7-15-29(31)30-16-8-10-18-32(30)34(37)35-24-26-11-3-1-4-12-26/h1-22H,23-24H2,(H,35,37). The zero-order valence-corrected chi connectivity index (χ0v) is 20.8. The number of hydrogen-bond acceptors (Lipinski definition) is 3. The average molecular weight is 498 g/mol. The number of rotatable bonds is 9. The largest absolute Gasteiger partial charge is 0.457 e. The minimum absolute atomic E-state index is 0.0168. The highest BCUT2D eigenvalue weighted by Gasteiger charge is 2.18. The quantitative estimate of drug-likeness (QED) is 0.215. The van der Waals surface area contributed by atoms with E-state index >= 15 is 0 Å². The Morgan fingerprint density at radius 3 is 1.74 bits per heavy atom. The second-order valence-electron chi connectivity index (χ2n) is 8.92. The maximum atomic E-state index is 13.4. The maximum Gasteiger partial charge on any atom is 0.252 e. The van der Waals surface area contributed by atoms with Gasteiger partial charge >= 0.3 is 0 Å². The van der Waals surface area contributed by atoms with E-state index in [9.17, 15) is 9.59 Å². The van der Waals surface area contributed by atoms with Crippen molar-refractivity contribution in [3.8, 4) is 22.6 Å². The molecule has 0 aliphatic rings. The first-order chi connectivity index (χ1) is 18.7. The molecule has 0 aliphatic heterocycles. The lowest BCUT2D eigenvalue weighted by molar-refractivity contribution is 0.0949. The minimum Gasteiger partial charge on any atom is -0.457 e. The van der Waals surface area contributed by atoms with Gasteiger partial charge in [-0.3, -0.25) is 9.59 Å². The topological polar surface area (TPSA) is 55.4 Å². The molecule has 0 bridgehead atoms. The number of ketones is 1. The summed E-state index contributed by atoms with van der Waals surface area (Å²) in [5.74, 6) is 1.28. The van der Waals surface area contributed by atoms with Gasteiger partial charge in [0.2, 0.25) is 0 Å². The van der Waals surface area contributed by atoms with E-state index in [1.54, 1.807) is 6.07 Å². The lowest BCUT2D eigenvalue weighted by Gasteiger charge is -2.14. The molecule has 1 amide bonds. The van der Waals surface area contributed by atoms with Gasteiger partial charge < -0.3 is 10.1 Å². The maximum absolute atomic E-state index is 13.4. The molecule has 0 radical (unpaired) electrons. The Balaban J connectivity index is 1.33. The second-order valence-corrected chi connectivity index (χ2v) is 8.92. The van der Waals surface area contributed by atoms with Crippen LogP contribution in [0.15, 0.2) is 133 Å². The van der Waals surface area contributed by atoms with Crippen molar-refractivity contribution in [2.45, 2.75) is 13.0 Å². The van der Waals surface area contributed by atoms with Crippen LogP contribution in [0.5, 0.6) is 11.5 Å². The first-order valence-corrected chi connectivity index (χ1v) is 12.5. The molecular formula is C34H27NO3. The van der Waals surface area contributed by atoms with Crippen LogP contribution in [-0.4, -0.2) is 11.7 Å². The van der Waals surface area contributed by atoms with Gasteiger partial charge in [-0.2, -0.15) is 0 Å². The number of carbonyl (C=O) groups excluding carboxylic acids is 2. The molecule has 4 nitrogen and oxygen atoms in total. The van der Waals surface area contributed by atoms with Crippen LogP contribution in [0.2, 0.25) is 0 Å². The van der Waals surface area contributed by atoms with Gasteiger partial charge in [-0.1, -0.05) is 103 Å². The highest BCUT2D eigenvalue weighted by Crippen LogP contribution is 2.29. The monoisotopic (exact) mass is 497 g/mol. The fourth-order valence-electron chi connectivity index (χ4n) is 4.33. The van der Waals surface area contributed by atoms with Crippen molar-refractivity contribution in [1.29, 1.82) is 0 Å². The molecule has 0 saturated heterocycles. The van der Waals surface area contributed by atoms with Crippen molar-refractivity contribution in [3.63, 3.8) is 0 Å². The summed E-state index contributed by atoms with van der Waals surface area (Å²) in [6, 6.07) is 41.8. The summed E-state index contributed by atoms with van der Waals surface area (Å²) in [6.07, 6.45) is 0.241. The number of Topliss-reactive ketones (excluding diaryl/α,β-unsaturated/α-hetero) is 1. The van der Waals surface area contributed by atoms with Gasteiger partial charge in [0.1, 0.15) is 11.5 Å². The SMILES string of the molecule is O=C(Cc1ccc(Oc2ccccc2)cc1)c1ccccc1-c1ccccc1C(=O)NCc1ccccc1. The molecule has 0 atom stereocenters. The van der Waals surface area contributed by atoms with Crippen LogP contribution in [0.25, 0.3) is 11.1 Å². The molecule has 0 saturated carbocycles. The Kier molecular flexibility index (Phi) is 7.71. The van der Waals surface area contributed by atoms with E-state index in [-0.39, 0.29) is 18.1 Å². The summed E-state index contributed by atoms with van der Waals surface area (Å²) in [6.45, 7) is 0.429. The fourth-order valence-corrected chi connectivity index (χ4v) is 4.33. The number of para-hydroxylation sites is 1. The predicted octanol–water partition coefficient (Wildman–Crippen LogP) is 7.50. The molecule has 0 aromatic heterocycles. The van der Waals surface area contributed by atoms with Crippen molar-refractivity contribution >= 4 is 11.7 Å². The van der Waals surface area contributed by atoms with Gasteiger partial charge in [0.25, 0.3) is 5.91 Å². The number of hydrogen-bond donors (Lipinski definition) is 1. The molecule has 186 valence electrons. The van der Waals surface area contributed by atoms with Crippen LogP contribution in [0.3, 0.4) is 0 Å². The molecule has 0 spiro atoms. The fraction of sp³-hybridized carbons (Fsp3) is 0.0588. The number of benzene rings is 5. The molecule has 0 heterocycles. The van der Waals surface area contributed by atoms with E-state index in [1.807, 2.05) is 127 Å². The Morgan fingerprint density at radius 2 is 1.05 bits per heavy atom. The summed E-state index contributed by atoms with van der Waals surface area (Å²) < 4.78 is 5.86. The lowest BCUT2D eigenvalue weighted by Crippen LogP contribution is -2.23. The van der Waals surface area contributed by atoms with E-state index in [4.69, 9.17) is 4.74 Å². The van der Waals surface area contributed by atoms with Crippen LogP contribution < -0.4 is 10.1 Å². The highest BCUT2D eigenvalue weighted by molar-refractivity contribution is 6.07. The Bertz CT molecular complexity index is 1530. The molecule has 5 rings (SSSR count). The van der Waals surface area contributed by atoms with Crippen LogP contribution >= 0.6 is 0 Å². The average Bonchev–Trinajstić information content (AvgIpc) is 2.98. The van der Waals surface area contributed by atoms with Crippen molar-refractivity contribution in [2.24, 2.45) is 0 Å². The number of amides is 1. The highest BCUT2D eigenvalue weighted by atomic mass is 16.5. The smallest absolute Gasteiger partial charge is 0.252 e. The molecule has 0 fully saturated rings. The van der Waals surface area contributed by atoms with Gasteiger partial charge in [0, 0.05) is 24.1 Å². The van der Waals surface area contributed by atoms with Crippen molar-refractivity contribution in [2.75, 3.05) is 0 Å². The van der Waals surface area contributed by atoms with Gasteiger partial charge in [0.15, 0.2) is 5.78 Å². The van der Waals surface area contributed by atoms with Gasteiger partial charge in [-0.15, -0.1) is 0 Å². The lowest BCUT2D eigenvalue weighted by atomic mass is 9.91. The molecule has 4 heteroatoms. The van der Waals surface area contributed by atoms with E-state index in [0.717, 1.165) is 28.0 Å². The van der Waals surface area contributed by atoms with Crippen LogP contribution in [-0.2, 0) is 13.0 Å². The molecule has 0 aliphatic carbocycles. The molecule has 1 N–H and O–H groups in total. The van der Waals surface area contributed by atoms with Gasteiger partial charge in [0.05, 0.1) is 0 Å². The van der Waals surface area contributed by atoms with E-state index in [1.165, 1.54) is 0 Å². The molecule has 0 unspecified atom stereocenters. The first-order valence-electron chi connectivity index (χ1n) is 12.5. The summed E-state index contributed by atoms with van der Waals surface area (Å²) >= 11 is 0. The van der Waals surface area contributed by atoms with E-state index < -0.39 is 0 Å². The molecule has 5 aromatic rings. The third-order valence-corrected chi connectivity index (χ3v) is 6.25. The zero-order chi connectivity index (χ0) is 26.2. The van der Waals surface area contributed by atoms with E-state index in [0.29, 0.717) is 23.4 Å².